The van der Waals surface area contributed by atoms with E-state index in [-0.39, 0.29) is 0 Å². The average molecular weight is 517 g/mol. The standard InChI is InChI=1S/C26H44O10/c1-23(2,3)19(28)32-13-14-15(34-20(29)24(4,5)6)16(35-21(30)25(7,8)9)17(18(27)33-14)36-22(31)26(10,11)12/h14-18,27H,13H2,1-12H3/t14?,15-,16?,17?,18+/m0/s1. The van der Waals surface area contributed by atoms with Crippen molar-refractivity contribution < 1.29 is 48.0 Å². The van der Waals surface area contributed by atoms with Crippen LogP contribution in [0.3, 0.4) is 0 Å². The summed E-state index contributed by atoms with van der Waals surface area (Å²) in [5, 5.41) is 10.8. The van der Waals surface area contributed by atoms with Crippen LogP contribution in [-0.4, -0.2) is 66.3 Å². The van der Waals surface area contributed by atoms with Crippen molar-refractivity contribution in [3.63, 3.8) is 0 Å². The zero-order valence-electron chi connectivity index (χ0n) is 23.7. The summed E-state index contributed by atoms with van der Waals surface area (Å²) in [6.45, 7) is 19.2. The van der Waals surface area contributed by atoms with Gasteiger partial charge in [0.1, 0.15) is 12.7 Å². The number of aliphatic hydroxyl groups is 1. The van der Waals surface area contributed by atoms with E-state index in [0.29, 0.717) is 0 Å². The molecule has 1 heterocycles. The average Bonchev–Trinajstić information content (AvgIpc) is 2.67. The molecule has 1 fully saturated rings. The first-order valence-corrected chi connectivity index (χ1v) is 12.1. The third-order valence-electron chi connectivity index (χ3n) is 5.17. The van der Waals surface area contributed by atoms with Crippen molar-refractivity contribution in [3.05, 3.63) is 0 Å². The van der Waals surface area contributed by atoms with Crippen LogP contribution >= 0.6 is 0 Å². The molecule has 0 aromatic carbocycles. The summed E-state index contributed by atoms with van der Waals surface area (Å²) < 4.78 is 28.0. The molecule has 0 spiro atoms. The fourth-order valence-corrected chi connectivity index (χ4v) is 2.71. The monoisotopic (exact) mass is 516 g/mol. The van der Waals surface area contributed by atoms with Gasteiger partial charge in [0, 0.05) is 0 Å². The van der Waals surface area contributed by atoms with Crippen molar-refractivity contribution in [2.24, 2.45) is 21.7 Å². The molecule has 5 atom stereocenters. The van der Waals surface area contributed by atoms with Crippen LogP contribution < -0.4 is 0 Å². The first-order valence-electron chi connectivity index (χ1n) is 12.1. The normalized spacial score (nSPS) is 25.5. The predicted molar refractivity (Wildman–Crippen MR) is 129 cm³/mol. The van der Waals surface area contributed by atoms with Gasteiger partial charge >= 0.3 is 23.9 Å². The van der Waals surface area contributed by atoms with Crippen LogP contribution in [0.25, 0.3) is 0 Å². The second-order valence-corrected chi connectivity index (χ2v) is 13.3. The smallest absolute Gasteiger partial charge is 0.311 e. The van der Waals surface area contributed by atoms with E-state index in [1.807, 2.05) is 0 Å². The predicted octanol–water partition coefficient (Wildman–Crippen LogP) is 3.17. The van der Waals surface area contributed by atoms with Gasteiger partial charge in [-0.2, -0.15) is 0 Å². The summed E-state index contributed by atoms with van der Waals surface area (Å²) in [4.78, 5) is 50.8. The number of rotatable bonds is 5. The number of hydrogen-bond donors (Lipinski definition) is 1. The van der Waals surface area contributed by atoms with Crippen LogP contribution in [0, 0.1) is 21.7 Å². The lowest BCUT2D eigenvalue weighted by atomic mass is 9.93. The molecule has 0 aromatic heterocycles. The fourth-order valence-electron chi connectivity index (χ4n) is 2.71. The van der Waals surface area contributed by atoms with Crippen LogP contribution in [0.15, 0.2) is 0 Å². The second-order valence-electron chi connectivity index (χ2n) is 13.3. The summed E-state index contributed by atoms with van der Waals surface area (Å²) in [5.41, 5.74) is -3.68. The van der Waals surface area contributed by atoms with Crippen LogP contribution in [0.1, 0.15) is 83.1 Å². The zero-order chi connectivity index (χ0) is 28.4. The first kappa shape index (κ1) is 31.8. The van der Waals surface area contributed by atoms with Gasteiger partial charge in [0.2, 0.25) is 0 Å². The highest BCUT2D eigenvalue weighted by Crippen LogP contribution is 2.33. The molecule has 0 radical (unpaired) electrons. The minimum atomic E-state index is -1.75. The molecule has 1 rings (SSSR count). The highest BCUT2D eigenvalue weighted by atomic mass is 16.7. The Morgan fingerprint density at radius 3 is 1.28 bits per heavy atom. The summed E-state index contributed by atoms with van der Waals surface area (Å²) in [7, 11) is 0. The van der Waals surface area contributed by atoms with Gasteiger partial charge in [-0.25, -0.2) is 0 Å². The summed E-state index contributed by atoms with van der Waals surface area (Å²) in [6.07, 6.45) is -7.25. The number of carbonyl (C=O) groups is 4. The maximum atomic E-state index is 12.9. The minimum Gasteiger partial charge on any atom is -0.462 e. The largest absolute Gasteiger partial charge is 0.462 e. The molecule has 0 bridgehead atoms. The minimum absolute atomic E-state index is 0.404. The van der Waals surface area contributed by atoms with Gasteiger partial charge in [0.25, 0.3) is 0 Å². The zero-order valence-corrected chi connectivity index (χ0v) is 23.7. The molecular weight excluding hydrogens is 472 g/mol. The van der Waals surface area contributed by atoms with Crippen LogP contribution in [-0.2, 0) is 42.9 Å². The van der Waals surface area contributed by atoms with Crippen molar-refractivity contribution in [2.45, 2.75) is 114 Å². The summed E-state index contributed by atoms with van der Waals surface area (Å²) >= 11 is 0. The van der Waals surface area contributed by atoms with E-state index in [4.69, 9.17) is 23.7 Å². The van der Waals surface area contributed by atoms with Crippen molar-refractivity contribution in [2.75, 3.05) is 6.61 Å². The quantitative estimate of drug-likeness (QED) is 0.429. The molecule has 1 aliphatic rings. The van der Waals surface area contributed by atoms with Gasteiger partial charge in [-0.3, -0.25) is 19.2 Å². The molecule has 36 heavy (non-hydrogen) atoms. The van der Waals surface area contributed by atoms with Crippen LogP contribution in [0.2, 0.25) is 0 Å². The van der Waals surface area contributed by atoms with Gasteiger partial charge in [0.05, 0.1) is 21.7 Å². The topological polar surface area (TPSA) is 135 Å². The molecule has 1 aliphatic heterocycles. The molecule has 1 saturated heterocycles. The van der Waals surface area contributed by atoms with Gasteiger partial charge < -0.3 is 28.8 Å². The Morgan fingerprint density at radius 1 is 0.583 bits per heavy atom. The fraction of sp³-hybridized carbons (Fsp3) is 0.846. The van der Waals surface area contributed by atoms with Crippen molar-refractivity contribution >= 4 is 23.9 Å². The first-order chi connectivity index (χ1) is 16.0. The van der Waals surface area contributed by atoms with E-state index >= 15 is 0 Å². The van der Waals surface area contributed by atoms with Crippen LogP contribution in [0.4, 0.5) is 0 Å². The third-order valence-corrected chi connectivity index (χ3v) is 5.17. The maximum absolute atomic E-state index is 12.9. The van der Waals surface area contributed by atoms with Crippen LogP contribution in [0.5, 0.6) is 0 Å². The Kier molecular flexibility index (Phi) is 9.77. The van der Waals surface area contributed by atoms with E-state index in [1.165, 1.54) is 0 Å². The Morgan fingerprint density at radius 2 is 0.917 bits per heavy atom. The van der Waals surface area contributed by atoms with Crippen molar-refractivity contribution in [3.8, 4) is 0 Å². The maximum Gasteiger partial charge on any atom is 0.311 e. The summed E-state index contributed by atoms with van der Waals surface area (Å²) in [6, 6.07) is 0. The number of esters is 4. The number of aliphatic hydroxyl groups excluding tert-OH is 1. The molecule has 3 unspecified atom stereocenters. The molecule has 0 amide bonds. The Labute approximate surface area is 214 Å². The highest BCUT2D eigenvalue weighted by molar-refractivity contribution is 5.78. The SMILES string of the molecule is CC(C)(C)C(=O)OCC1O[C@@H](O)C(OC(=O)C(C)(C)C)C(OC(=O)C(C)(C)C)[C@H]1OC(=O)C(C)(C)C. The third kappa shape index (κ3) is 8.73. The van der Waals surface area contributed by atoms with Crippen molar-refractivity contribution in [1.29, 1.82) is 0 Å². The molecule has 0 aromatic rings. The molecule has 0 aliphatic carbocycles. The molecule has 10 nitrogen and oxygen atoms in total. The van der Waals surface area contributed by atoms with E-state index in [0.717, 1.165) is 0 Å². The number of hydrogen-bond acceptors (Lipinski definition) is 10. The highest BCUT2D eigenvalue weighted by Gasteiger charge is 2.54. The van der Waals surface area contributed by atoms with Gasteiger partial charge in [0.15, 0.2) is 24.6 Å². The Bertz CT molecular complexity index is 820. The van der Waals surface area contributed by atoms with Gasteiger partial charge in [-0.1, -0.05) is 0 Å². The molecule has 10 heteroatoms. The molecule has 208 valence electrons. The Hall–Kier alpha value is -2.20. The van der Waals surface area contributed by atoms with E-state index in [9.17, 15) is 24.3 Å². The van der Waals surface area contributed by atoms with E-state index in [2.05, 4.69) is 0 Å². The Balaban J connectivity index is 3.50. The lowest BCUT2D eigenvalue weighted by Crippen LogP contribution is -2.63. The molecular formula is C26H44O10. The van der Waals surface area contributed by atoms with E-state index in [1.54, 1.807) is 83.1 Å². The summed E-state index contributed by atoms with van der Waals surface area (Å²) in [5.74, 6) is -2.57. The van der Waals surface area contributed by atoms with E-state index < -0.39 is 82.8 Å². The van der Waals surface area contributed by atoms with Gasteiger partial charge in [-0.05, 0) is 83.1 Å². The lowest BCUT2D eigenvalue weighted by molar-refractivity contribution is -0.300. The number of carbonyl (C=O) groups excluding carboxylic acids is 4. The number of ether oxygens (including phenoxy) is 5. The lowest BCUT2D eigenvalue weighted by Gasteiger charge is -2.44. The molecule has 1 N–H and O–H groups in total. The molecule has 0 saturated carbocycles. The van der Waals surface area contributed by atoms with Crippen molar-refractivity contribution in [1.82, 2.24) is 0 Å². The van der Waals surface area contributed by atoms with Gasteiger partial charge in [-0.15, -0.1) is 0 Å². The second kappa shape index (κ2) is 11.0.